The molecule has 0 bridgehead atoms. The van der Waals surface area contributed by atoms with Crippen LogP contribution in [-0.4, -0.2) is 10.2 Å². The van der Waals surface area contributed by atoms with Gasteiger partial charge in [0, 0.05) is 5.56 Å². The predicted molar refractivity (Wildman–Crippen MR) is 85.6 cm³/mol. The van der Waals surface area contributed by atoms with Gasteiger partial charge in [0.15, 0.2) is 0 Å². The van der Waals surface area contributed by atoms with Crippen LogP contribution in [-0.2, 0) is 19.3 Å². The van der Waals surface area contributed by atoms with Crippen LogP contribution in [0.2, 0.25) is 0 Å². The summed E-state index contributed by atoms with van der Waals surface area (Å²) in [5.74, 6) is 0.737. The van der Waals surface area contributed by atoms with Gasteiger partial charge in [-0.3, -0.25) is 0 Å². The maximum absolute atomic E-state index is 13.0. The van der Waals surface area contributed by atoms with Gasteiger partial charge in [-0.05, 0) is 66.6 Å². The van der Waals surface area contributed by atoms with Gasteiger partial charge in [0.05, 0.1) is 6.42 Å². The summed E-state index contributed by atoms with van der Waals surface area (Å²) in [7, 11) is 0. The lowest BCUT2D eigenvalue weighted by Gasteiger charge is -2.16. The first kappa shape index (κ1) is 14.1. The Kier molecular flexibility index (Phi) is 3.66. The van der Waals surface area contributed by atoms with E-state index in [1.54, 1.807) is 12.1 Å². The molecule has 0 saturated carbocycles. The minimum absolute atomic E-state index is 0.275. The summed E-state index contributed by atoms with van der Waals surface area (Å²) in [5.41, 5.74) is 4.85. The molecule has 0 N–H and O–H groups in total. The van der Waals surface area contributed by atoms with Crippen molar-refractivity contribution in [2.45, 2.75) is 32.1 Å². The number of rotatable bonds is 3. The molecule has 1 aliphatic carbocycles. The Bertz CT molecular complexity index is 824. The second-order valence-electron chi connectivity index (χ2n) is 5.99. The normalized spacial score (nSPS) is 13.8. The number of nitrogens with zero attached hydrogens (tertiary/aromatic N) is 2. The highest BCUT2D eigenvalue weighted by Gasteiger charge is 2.12. The fraction of sp³-hybridized carbons (Fsp3) is 0.263. The average Bonchev–Trinajstić information content (AvgIpc) is 3.04. The van der Waals surface area contributed by atoms with Crippen molar-refractivity contribution in [2.24, 2.45) is 0 Å². The van der Waals surface area contributed by atoms with E-state index in [2.05, 4.69) is 28.4 Å². The smallest absolute Gasteiger partial charge is 0.247 e. The molecule has 1 aliphatic rings. The van der Waals surface area contributed by atoms with E-state index < -0.39 is 0 Å². The Hall–Kier alpha value is -2.49. The summed E-state index contributed by atoms with van der Waals surface area (Å²) in [5, 5.41) is 8.17. The van der Waals surface area contributed by atoms with Gasteiger partial charge in [-0.2, -0.15) is 0 Å². The Morgan fingerprint density at radius 1 is 0.913 bits per heavy atom. The highest BCUT2D eigenvalue weighted by atomic mass is 19.1. The van der Waals surface area contributed by atoms with Crippen LogP contribution < -0.4 is 0 Å². The Labute approximate surface area is 134 Å². The van der Waals surface area contributed by atoms with Crippen molar-refractivity contribution >= 4 is 0 Å². The molecule has 4 heteroatoms. The van der Waals surface area contributed by atoms with Crippen molar-refractivity contribution < 1.29 is 8.81 Å². The van der Waals surface area contributed by atoms with Crippen molar-refractivity contribution in [3.8, 4) is 11.5 Å². The predicted octanol–water partition coefficient (Wildman–Crippen LogP) is 4.35. The number of fused-ring (bicyclic) bond motifs is 1. The first-order valence-corrected chi connectivity index (χ1v) is 7.97. The zero-order valence-electron chi connectivity index (χ0n) is 12.8. The molecule has 3 nitrogen and oxygen atoms in total. The highest BCUT2D eigenvalue weighted by molar-refractivity contribution is 5.52. The Morgan fingerprint density at radius 2 is 1.70 bits per heavy atom. The van der Waals surface area contributed by atoms with Crippen LogP contribution in [0.1, 0.15) is 35.4 Å². The third kappa shape index (κ3) is 3.02. The standard InChI is InChI=1S/C19H17FN2O/c20-17-9-7-15(8-10-17)19-22-21-18(23-19)12-13-5-6-14-3-1-2-4-16(14)11-13/h5-11H,1-4,12H2. The third-order valence-corrected chi connectivity index (χ3v) is 4.33. The summed E-state index contributed by atoms with van der Waals surface area (Å²) in [6.45, 7) is 0. The van der Waals surface area contributed by atoms with Crippen LogP contribution >= 0.6 is 0 Å². The van der Waals surface area contributed by atoms with E-state index in [0.717, 1.165) is 12.0 Å². The monoisotopic (exact) mass is 308 g/mol. The van der Waals surface area contributed by atoms with Crippen molar-refractivity contribution in [1.82, 2.24) is 10.2 Å². The maximum atomic E-state index is 13.0. The number of aromatic nitrogens is 2. The van der Waals surface area contributed by atoms with Crippen molar-refractivity contribution in [2.75, 3.05) is 0 Å². The first-order chi connectivity index (χ1) is 11.3. The fourth-order valence-corrected chi connectivity index (χ4v) is 3.11. The van der Waals surface area contributed by atoms with E-state index in [9.17, 15) is 4.39 Å². The lowest BCUT2D eigenvalue weighted by Crippen LogP contribution is -2.03. The van der Waals surface area contributed by atoms with Gasteiger partial charge in [-0.25, -0.2) is 4.39 Å². The molecule has 3 aromatic rings. The molecule has 0 fully saturated rings. The number of halogens is 1. The van der Waals surface area contributed by atoms with Crippen LogP contribution in [0.3, 0.4) is 0 Å². The lowest BCUT2D eigenvalue weighted by molar-refractivity contribution is 0.517. The van der Waals surface area contributed by atoms with Gasteiger partial charge in [0.25, 0.3) is 0 Å². The van der Waals surface area contributed by atoms with Crippen molar-refractivity contribution in [3.63, 3.8) is 0 Å². The second kappa shape index (κ2) is 5.95. The van der Waals surface area contributed by atoms with Crippen LogP contribution in [0.5, 0.6) is 0 Å². The van der Waals surface area contributed by atoms with E-state index in [-0.39, 0.29) is 5.82 Å². The van der Waals surface area contributed by atoms with E-state index >= 15 is 0 Å². The molecular weight excluding hydrogens is 291 g/mol. The molecule has 1 heterocycles. The molecule has 1 aromatic heterocycles. The molecular formula is C19H17FN2O. The van der Waals surface area contributed by atoms with Crippen molar-refractivity contribution in [3.05, 3.63) is 70.9 Å². The minimum Gasteiger partial charge on any atom is -0.420 e. The van der Waals surface area contributed by atoms with Gasteiger partial charge < -0.3 is 4.42 Å². The van der Waals surface area contributed by atoms with Gasteiger partial charge >= 0.3 is 0 Å². The molecule has 0 radical (unpaired) electrons. The van der Waals surface area contributed by atoms with E-state index in [0.29, 0.717) is 18.2 Å². The zero-order valence-corrected chi connectivity index (χ0v) is 12.8. The summed E-state index contributed by atoms with van der Waals surface area (Å²) in [6, 6.07) is 12.7. The molecule has 0 aliphatic heterocycles. The molecule has 0 atom stereocenters. The molecule has 23 heavy (non-hydrogen) atoms. The van der Waals surface area contributed by atoms with Crippen LogP contribution in [0.4, 0.5) is 4.39 Å². The summed E-state index contributed by atoms with van der Waals surface area (Å²) >= 11 is 0. The van der Waals surface area contributed by atoms with Crippen molar-refractivity contribution in [1.29, 1.82) is 0 Å². The molecule has 116 valence electrons. The first-order valence-electron chi connectivity index (χ1n) is 7.97. The molecule has 0 unspecified atom stereocenters. The SMILES string of the molecule is Fc1ccc(-c2nnc(Cc3ccc4c(c3)CCCC4)o2)cc1. The molecule has 0 saturated heterocycles. The van der Waals surface area contributed by atoms with Gasteiger partial charge in [0.1, 0.15) is 5.82 Å². The average molecular weight is 308 g/mol. The topological polar surface area (TPSA) is 38.9 Å². The number of benzene rings is 2. The third-order valence-electron chi connectivity index (χ3n) is 4.33. The van der Waals surface area contributed by atoms with E-state index in [1.807, 2.05) is 0 Å². The van der Waals surface area contributed by atoms with Gasteiger partial charge in [-0.15, -0.1) is 10.2 Å². The minimum atomic E-state index is -0.275. The summed E-state index contributed by atoms with van der Waals surface area (Å²) in [4.78, 5) is 0. The number of aryl methyl sites for hydroxylation is 2. The lowest BCUT2D eigenvalue weighted by atomic mass is 9.90. The largest absolute Gasteiger partial charge is 0.420 e. The van der Waals surface area contributed by atoms with E-state index in [1.165, 1.54) is 48.1 Å². The fourth-order valence-electron chi connectivity index (χ4n) is 3.11. The van der Waals surface area contributed by atoms with Gasteiger partial charge in [-0.1, -0.05) is 18.2 Å². The number of hydrogen-bond acceptors (Lipinski definition) is 3. The van der Waals surface area contributed by atoms with Gasteiger partial charge in [0.2, 0.25) is 11.8 Å². The summed E-state index contributed by atoms with van der Waals surface area (Å²) < 4.78 is 18.7. The van der Waals surface area contributed by atoms with E-state index in [4.69, 9.17) is 4.42 Å². The maximum Gasteiger partial charge on any atom is 0.247 e. The molecule has 2 aromatic carbocycles. The zero-order chi connectivity index (χ0) is 15.6. The Balaban J connectivity index is 1.54. The van der Waals surface area contributed by atoms with Crippen LogP contribution in [0, 0.1) is 5.82 Å². The Morgan fingerprint density at radius 3 is 2.52 bits per heavy atom. The molecule has 4 rings (SSSR count). The quantitative estimate of drug-likeness (QED) is 0.722. The van der Waals surface area contributed by atoms with Crippen LogP contribution in [0.25, 0.3) is 11.5 Å². The summed E-state index contributed by atoms with van der Waals surface area (Å²) in [6.07, 6.45) is 5.53. The molecule has 0 spiro atoms. The molecule has 0 amide bonds. The number of hydrogen-bond donors (Lipinski definition) is 0. The highest BCUT2D eigenvalue weighted by Crippen LogP contribution is 2.24. The van der Waals surface area contributed by atoms with Crippen LogP contribution in [0.15, 0.2) is 46.9 Å². The second-order valence-corrected chi connectivity index (χ2v) is 5.99.